The zero-order valence-corrected chi connectivity index (χ0v) is 13.0. The number of ether oxygens (including phenoxy) is 1. The smallest absolute Gasteiger partial charge is 0.297 e. The summed E-state index contributed by atoms with van der Waals surface area (Å²) >= 11 is 0. The van der Waals surface area contributed by atoms with Crippen LogP contribution in [-0.4, -0.2) is 34.7 Å². The van der Waals surface area contributed by atoms with Crippen molar-refractivity contribution in [1.82, 2.24) is 14.9 Å². The van der Waals surface area contributed by atoms with E-state index in [0.29, 0.717) is 24.3 Å². The van der Waals surface area contributed by atoms with Crippen LogP contribution in [0.25, 0.3) is 22.1 Å². The first-order chi connectivity index (χ1) is 11.7. The molecule has 0 atom stereocenters. The molecule has 3 aromatic rings. The molecule has 0 radical (unpaired) electrons. The molecule has 2 aromatic heterocycles. The molecule has 7 heteroatoms. The molecule has 1 N–H and O–H groups in total. The Labute approximate surface area is 137 Å². The number of furan rings is 1. The largest absolute Gasteiger partial charge is 0.448 e. The van der Waals surface area contributed by atoms with Crippen LogP contribution in [0.15, 0.2) is 39.8 Å². The third kappa shape index (κ3) is 2.67. The van der Waals surface area contributed by atoms with Crippen LogP contribution in [-0.2, 0) is 16.1 Å². The van der Waals surface area contributed by atoms with Crippen LogP contribution >= 0.6 is 0 Å². The lowest BCUT2D eigenvalue weighted by Gasteiger charge is -2.23. The number of aromatic nitrogens is 2. The fraction of sp³-hybridized carbons (Fsp3) is 0.353. The Morgan fingerprint density at radius 2 is 2.08 bits per heavy atom. The van der Waals surface area contributed by atoms with Crippen LogP contribution in [0.5, 0.6) is 0 Å². The van der Waals surface area contributed by atoms with Crippen molar-refractivity contribution in [1.29, 1.82) is 0 Å². The Morgan fingerprint density at radius 1 is 1.29 bits per heavy atom. The van der Waals surface area contributed by atoms with Crippen molar-refractivity contribution in [3.63, 3.8) is 0 Å². The zero-order valence-electron chi connectivity index (χ0n) is 13.0. The molecule has 1 aliphatic rings. The highest BCUT2D eigenvalue weighted by molar-refractivity contribution is 6.01. The second-order valence-electron chi connectivity index (χ2n) is 5.91. The molecule has 0 aliphatic carbocycles. The number of nitrogens with zero attached hydrogens (tertiary/aromatic N) is 2. The lowest BCUT2D eigenvalue weighted by molar-refractivity contribution is -0.123. The molecule has 1 aromatic carbocycles. The Morgan fingerprint density at radius 3 is 2.92 bits per heavy atom. The van der Waals surface area contributed by atoms with Gasteiger partial charge in [0.15, 0.2) is 0 Å². The van der Waals surface area contributed by atoms with Crippen molar-refractivity contribution < 1.29 is 13.9 Å². The maximum atomic E-state index is 12.6. The Kier molecular flexibility index (Phi) is 3.78. The zero-order chi connectivity index (χ0) is 16.5. The van der Waals surface area contributed by atoms with Crippen molar-refractivity contribution in [2.75, 3.05) is 13.2 Å². The molecule has 24 heavy (non-hydrogen) atoms. The van der Waals surface area contributed by atoms with E-state index in [4.69, 9.17) is 9.15 Å². The maximum Gasteiger partial charge on any atom is 0.297 e. The summed E-state index contributed by atoms with van der Waals surface area (Å²) in [6.45, 7) is 1.23. The number of amides is 1. The molecular formula is C17H17N3O4. The molecule has 1 aliphatic heterocycles. The van der Waals surface area contributed by atoms with Gasteiger partial charge < -0.3 is 14.5 Å². The topological polar surface area (TPSA) is 86.4 Å². The predicted molar refractivity (Wildman–Crippen MR) is 87.8 cm³/mol. The first-order valence-corrected chi connectivity index (χ1v) is 7.96. The monoisotopic (exact) mass is 327 g/mol. The fourth-order valence-corrected chi connectivity index (χ4v) is 3.00. The second-order valence-corrected chi connectivity index (χ2v) is 5.91. The minimum absolute atomic E-state index is 0.0732. The van der Waals surface area contributed by atoms with Crippen molar-refractivity contribution >= 4 is 28.0 Å². The van der Waals surface area contributed by atoms with Crippen LogP contribution in [0, 0.1) is 0 Å². The molecule has 0 bridgehead atoms. The number of rotatable bonds is 3. The van der Waals surface area contributed by atoms with Gasteiger partial charge in [-0.25, -0.2) is 4.98 Å². The fourth-order valence-electron chi connectivity index (χ4n) is 3.00. The van der Waals surface area contributed by atoms with Crippen LogP contribution < -0.4 is 10.9 Å². The van der Waals surface area contributed by atoms with Gasteiger partial charge >= 0.3 is 0 Å². The summed E-state index contributed by atoms with van der Waals surface area (Å²) in [4.78, 5) is 29.0. The van der Waals surface area contributed by atoms with Gasteiger partial charge in [-0.05, 0) is 25.0 Å². The van der Waals surface area contributed by atoms with Crippen molar-refractivity contribution in [2.24, 2.45) is 0 Å². The first-order valence-electron chi connectivity index (χ1n) is 7.96. The molecule has 124 valence electrons. The molecule has 0 unspecified atom stereocenters. The molecule has 0 spiro atoms. The SMILES string of the molecule is O=C(Cn1cnc2c(oc3ccccc32)c1=O)NC1CCOCC1. The Bertz CT molecular complexity index is 953. The average molecular weight is 327 g/mol. The quantitative estimate of drug-likeness (QED) is 0.786. The van der Waals surface area contributed by atoms with Gasteiger partial charge in [0.1, 0.15) is 17.6 Å². The van der Waals surface area contributed by atoms with E-state index in [1.165, 1.54) is 10.9 Å². The van der Waals surface area contributed by atoms with E-state index in [-0.39, 0.29) is 29.6 Å². The standard InChI is InChI=1S/C17H17N3O4/c21-14(19-11-5-7-23-8-6-11)9-20-10-18-15-12-3-1-2-4-13(12)24-16(15)17(20)22/h1-4,10-11H,5-9H2,(H,19,21). The summed E-state index contributed by atoms with van der Waals surface area (Å²) in [7, 11) is 0. The number of para-hydroxylation sites is 1. The number of carbonyl (C=O) groups excluding carboxylic acids is 1. The van der Waals surface area contributed by atoms with E-state index in [1.807, 2.05) is 18.2 Å². The van der Waals surface area contributed by atoms with Gasteiger partial charge in [0.2, 0.25) is 11.5 Å². The van der Waals surface area contributed by atoms with E-state index < -0.39 is 0 Å². The van der Waals surface area contributed by atoms with Crippen LogP contribution in [0.2, 0.25) is 0 Å². The number of carbonyl (C=O) groups is 1. The molecule has 4 rings (SSSR count). The van der Waals surface area contributed by atoms with Crippen molar-refractivity contribution in [3.8, 4) is 0 Å². The van der Waals surface area contributed by atoms with Crippen molar-refractivity contribution in [2.45, 2.75) is 25.4 Å². The maximum absolute atomic E-state index is 12.6. The molecule has 0 saturated carbocycles. The number of hydrogen-bond acceptors (Lipinski definition) is 5. The lowest BCUT2D eigenvalue weighted by Crippen LogP contribution is -2.41. The van der Waals surface area contributed by atoms with E-state index in [0.717, 1.165) is 18.2 Å². The molecule has 3 heterocycles. The van der Waals surface area contributed by atoms with Crippen LogP contribution in [0.4, 0.5) is 0 Å². The predicted octanol–water partition coefficient (Wildman–Crippen LogP) is 1.44. The number of hydrogen-bond donors (Lipinski definition) is 1. The lowest BCUT2D eigenvalue weighted by atomic mass is 10.1. The van der Waals surface area contributed by atoms with Crippen molar-refractivity contribution in [3.05, 3.63) is 40.9 Å². The summed E-state index contributed by atoms with van der Waals surface area (Å²) in [5.74, 6) is -0.207. The Balaban J connectivity index is 1.60. The molecular weight excluding hydrogens is 310 g/mol. The highest BCUT2D eigenvalue weighted by Gasteiger charge is 2.18. The second kappa shape index (κ2) is 6.09. The highest BCUT2D eigenvalue weighted by atomic mass is 16.5. The van der Waals surface area contributed by atoms with Gasteiger partial charge in [-0.15, -0.1) is 0 Å². The van der Waals surface area contributed by atoms with E-state index >= 15 is 0 Å². The normalized spacial score (nSPS) is 15.8. The molecule has 1 fully saturated rings. The molecule has 1 amide bonds. The van der Waals surface area contributed by atoms with Gasteiger partial charge in [0, 0.05) is 24.6 Å². The van der Waals surface area contributed by atoms with Gasteiger partial charge in [0.25, 0.3) is 5.56 Å². The minimum atomic E-state index is -0.349. The highest BCUT2D eigenvalue weighted by Crippen LogP contribution is 2.23. The van der Waals surface area contributed by atoms with E-state index in [1.54, 1.807) is 6.07 Å². The summed E-state index contributed by atoms with van der Waals surface area (Å²) < 4.78 is 12.2. The Hall–Kier alpha value is -2.67. The summed E-state index contributed by atoms with van der Waals surface area (Å²) in [6, 6.07) is 7.45. The number of nitrogens with one attached hydrogen (secondary N) is 1. The summed E-state index contributed by atoms with van der Waals surface area (Å²) in [5, 5.41) is 3.73. The van der Waals surface area contributed by atoms with Gasteiger partial charge in [-0.2, -0.15) is 0 Å². The average Bonchev–Trinajstić information content (AvgIpc) is 2.98. The van der Waals surface area contributed by atoms with Gasteiger partial charge in [-0.1, -0.05) is 12.1 Å². The van der Waals surface area contributed by atoms with E-state index in [9.17, 15) is 9.59 Å². The number of benzene rings is 1. The summed E-state index contributed by atoms with van der Waals surface area (Å²) in [5.41, 5.74) is 0.967. The number of fused-ring (bicyclic) bond motifs is 3. The van der Waals surface area contributed by atoms with Crippen LogP contribution in [0.1, 0.15) is 12.8 Å². The van der Waals surface area contributed by atoms with Gasteiger partial charge in [-0.3, -0.25) is 14.2 Å². The molecule has 7 nitrogen and oxygen atoms in total. The third-order valence-electron chi connectivity index (χ3n) is 4.25. The minimum Gasteiger partial charge on any atom is -0.448 e. The summed E-state index contributed by atoms with van der Waals surface area (Å²) in [6.07, 6.45) is 2.99. The van der Waals surface area contributed by atoms with Crippen LogP contribution in [0.3, 0.4) is 0 Å². The first kappa shape index (κ1) is 14.9. The van der Waals surface area contributed by atoms with E-state index in [2.05, 4.69) is 10.3 Å². The third-order valence-corrected chi connectivity index (χ3v) is 4.25. The van der Waals surface area contributed by atoms with Gasteiger partial charge in [0.05, 0.1) is 6.33 Å². The molecule has 1 saturated heterocycles.